The van der Waals surface area contributed by atoms with Crippen LogP contribution >= 0.6 is 0 Å². The van der Waals surface area contributed by atoms with Gasteiger partial charge in [0.15, 0.2) is 0 Å². The molecule has 1 unspecified atom stereocenters. The summed E-state index contributed by atoms with van der Waals surface area (Å²) in [5, 5.41) is 15.9. The molecule has 0 fully saturated rings. The highest BCUT2D eigenvalue weighted by Gasteiger charge is 2.32. The van der Waals surface area contributed by atoms with Gasteiger partial charge in [0, 0.05) is 6.20 Å². The standard InChI is InChI=1S/C16H19N3O3/c1-3-16(2,15(21)22)18-14(20)9-12-10-17-19(11-12)13-7-5-4-6-8-13/h4-8,10-11H,3,9H2,1-2H3,(H,18,20)(H,21,22). The minimum atomic E-state index is -1.24. The zero-order chi connectivity index (χ0) is 16.2. The summed E-state index contributed by atoms with van der Waals surface area (Å²) >= 11 is 0. The highest BCUT2D eigenvalue weighted by Crippen LogP contribution is 2.11. The van der Waals surface area contributed by atoms with Crippen LogP contribution in [0.3, 0.4) is 0 Å². The lowest BCUT2D eigenvalue weighted by atomic mass is 9.99. The number of aromatic nitrogens is 2. The molecule has 6 heteroatoms. The maximum absolute atomic E-state index is 12.0. The predicted molar refractivity (Wildman–Crippen MR) is 81.7 cm³/mol. The molecule has 2 N–H and O–H groups in total. The van der Waals surface area contributed by atoms with Crippen LogP contribution in [-0.4, -0.2) is 32.3 Å². The van der Waals surface area contributed by atoms with Crippen LogP contribution in [0.25, 0.3) is 5.69 Å². The second-order valence-electron chi connectivity index (χ2n) is 5.34. The van der Waals surface area contributed by atoms with Crippen LogP contribution in [-0.2, 0) is 16.0 Å². The van der Waals surface area contributed by atoms with Crippen molar-refractivity contribution in [3.63, 3.8) is 0 Å². The minimum absolute atomic E-state index is 0.0930. The van der Waals surface area contributed by atoms with E-state index in [1.807, 2.05) is 30.3 Å². The molecule has 0 saturated carbocycles. The first-order valence-corrected chi connectivity index (χ1v) is 7.08. The molecule has 6 nitrogen and oxygen atoms in total. The zero-order valence-corrected chi connectivity index (χ0v) is 12.6. The molecule has 1 aromatic heterocycles. The average molecular weight is 301 g/mol. The van der Waals surface area contributed by atoms with Crippen molar-refractivity contribution in [2.75, 3.05) is 0 Å². The van der Waals surface area contributed by atoms with Gasteiger partial charge in [0.05, 0.1) is 18.3 Å². The number of aliphatic carboxylic acids is 1. The largest absolute Gasteiger partial charge is 0.480 e. The van der Waals surface area contributed by atoms with Crippen LogP contribution in [0.15, 0.2) is 42.7 Å². The molecule has 1 aromatic carbocycles. The smallest absolute Gasteiger partial charge is 0.329 e. The van der Waals surface area contributed by atoms with Crippen molar-refractivity contribution < 1.29 is 14.7 Å². The van der Waals surface area contributed by atoms with Crippen LogP contribution in [0.2, 0.25) is 0 Å². The molecule has 2 rings (SSSR count). The Morgan fingerprint density at radius 2 is 2.00 bits per heavy atom. The zero-order valence-electron chi connectivity index (χ0n) is 12.6. The van der Waals surface area contributed by atoms with E-state index in [4.69, 9.17) is 5.11 Å². The molecule has 22 heavy (non-hydrogen) atoms. The van der Waals surface area contributed by atoms with E-state index in [0.717, 1.165) is 11.3 Å². The number of carbonyl (C=O) groups is 2. The number of benzene rings is 1. The van der Waals surface area contributed by atoms with E-state index in [0.29, 0.717) is 6.42 Å². The van der Waals surface area contributed by atoms with E-state index in [9.17, 15) is 9.59 Å². The Hall–Kier alpha value is -2.63. The minimum Gasteiger partial charge on any atom is -0.480 e. The van der Waals surface area contributed by atoms with E-state index < -0.39 is 11.5 Å². The van der Waals surface area contributed by atoms with Gasteiger partial charge >= 0.3 is 5.97 Å². The van der Waals surface area contributed by atoms with Crippen LogP contribution in [0.1, 0.15) is 25.8 Å². The van der Waals surface area contributed by atoms with Crippen molar-refractivity contribution in [1.82, 2.24) is 15.1 Å². The van der Waals surface area contributed by atoms with Gasteiger partial charge in [-0.25, -0.2) is 9.48 Å². The van der Waals surface area contributed by atoms with Crippen molar-refractivity contribution in [3.8, 4) is 5.69 Å². The van der Waals surface area contributed by atoms with Gasteiger partial charge in [-0.05, 0) is 31.0 Å². The first-order valence-electron chi connectivity index (χ1n) is 7.08. The number of hydrogen-bond acceptors (Lipinski definition) is 3. The third-order valence-corrected chi connectivity index (χ3v) is 3.62. The number of amides is 1. The Bertz CT molecular complexity index is 666. The highest BCUT2D eigenvalue weighted by atomic mass is 16.4. The van der Waals surface area contributed by atoms with Gasteiger partial charge in [-0.1, -0.05) is 25.1 Å². The Morgan fingerprint density at radius 3 is 2.59 bits per heavy atom. The van der Waals surface area contributed by atoms with E-state index in [1.54, 1.807) is 24.0 Å². The van der Waals surface area contributed by atoms with Gasteiger partial charge < -0.3 is 10.4 Å². The fourth-order valence-electron chi connectivity index (χ4n) is 2.00. The molecule has 1 atom stereocenters. The van der Waals surface area contributed by atoms with Crippen molar-refractivity contribution >= 4 is 11.9 Å². The Balaban J connectivity index is 2.04. The third kappa shape index (κ3) is 3.52. The molecule has 1 heterocycles. The first-order chi connectivity index (χ1) is 10.4. The third-order valence-electron chi connectivity index (χ3n) is 3.62. The van der Waals surface area contributed by atoms with Gasteiger partial charge in [-0.3, -0.25) is 4.79 Å². The lowest BCUT2D eigenvalue weighted by molar-refractivity contribution is -0.146. The van der Waals surface area contributed by atoms with Crippen molar-refractivity contribution in [2.45, 2.75) is 32.2 Å². The van der Waals surface area contributed by atoms with Crippen molar-refractivity contribution in [1.29, 1.82) is 0 Å². The van der Waals surface area contributed by atoms with Crippen LogP contribution in [0, 0.1) is 0 Å². The van der Waals surface area contributed by atoms with E-state index >= 15 is 0 Å². The number of nitrogens with zero attached hydrogens (tertiary/aromatic N) is 2. The van der Waals surface area contributed by atoms with E-state index in [-0.39, 0.29) is 12.3 Å². The predicted octanol–water partition coefficient (Wildman–Crippen LogP) is 1.78. The number of nitrogens with one attached hydrogen (secondary N) is 1. The lowest BCUT2D eigenvalue weighted by Crippen LogP contribution is -2.52. The van der Waals surface area contributed by atoms with Gasteiger partial charge in [0.25, 0.3) is 0 Å². The average Bonchev–Trinajstić information content (AvgIpc) is 2.96. The molecule has 1 amide bonds. The molecule has 2 aromatic rings. The first kappa shape index (κ1) is 15.8. The molecule has 0 aliphatic rings. The van der Waals surface area contributed by atoms with Crippen LogP contribution < -0.4 is 5.32 Å². The maximum atomic E-state index is 12.0. The fraction of sp³-hybridized carbons (Fsp3) is 0.312. The summed E-state index contributed by atoms with van der Waals surface area (Å²) in [5.41, 5.74) is 0.384. The van der Waals surface area contributed by atoms with E-state index in [1.165, 1.54) is 6.92 Å². The number of carboxylic acids is 1. The monoisotopic (exact) mass is 301 g/mol. The number of carboxylic acid groups (broad SMARTS) is 1. The van der Waals surface area contributed by atoms with Crippen molar-refractivity contribution in [2.24, 2.45) is 0 Å². The summed E-state index contributed by atoms with van der Waals surface area (Å²) in [4.78, 5) is 23.2. The summed E-state index contributed by atoms with van der Waals surface area (Å²) < 4.78 is 1.68. The number of rotatable bonds is 6. The molecular weight excluding hydrogens is 282 g/mol. The number of carbonyl (C=O) groups excluding carboxylic acids is 1. The molecule has 0 spiro atoms. The Kier molecular flexibility index (Phi) is 4.60. The molecular formula is C16H19N3O3. The number of para-hydroxylation sites is 1. The summed E-state index contributed by atoms with van der Waals surface area (Å²) in [6.07, 6.45) is 3.78. The molecule has 116 valence electrons. The quantitative estimate of drug-likeness (QED) is 0.852. The number of hydrogen-bond donors (Lipinski definition) is 2. The van der Waals surface area contributed by atoms with E-state index in [2.05, 4.69) is 10.4 Å². The Labute approximate surface area is 128 Å². The lowest BCUT2D eigenvalue weighted by Gasteiger charge is -2.24. The fourth-order valence-corrected chi connectivity index (χ4v) is 2.00. The van der Waals surface area contributed by atoms with Crippen molar-refractivity contribution in [3.05, 3.63) is 48.3 Å². The second kappa shape index (κ2) is 6.43. The van der Waals surface area contributed by atoms with Gasteiger partial charge in [-0.15, -0.1) is 0 Å². The second-order valence-corrected chi connectivity index (χ2v) is 5.34. The summed E-state index contributed by atoms with van der Waals surface area (Å²) in [6, 6.07) is 9.55. The summed E-state index contributed by atoms with van der Waals surface area (Å²) in [5.74, 6) is -1.37. The maximum Gasteiger partial charge on any atom is 0.329 e. The molecule has 0 aliphatic heterocycles. The molecule has 0 aliphatic carbocycles. The topological polar surface area (TPSA) is 84.2 Å². The SMILES string of the molecule is CCC(C)(NC(=O)Cc1cnn(-c2ccccc2)c1)C(=O)O. The van der Waals surface area contributed by atoms with Gasteiger partial charge in [0.1, 0.15) is 5.54 Å². The van der Waals surface area contributed by atoms with Gasteiger partial charge in [0.2, 0.25) is 5.91 Å². The van der Waals surface area contributed by atoms with Crippen LogP contribution in [0.4, 0.5) is 0 Å². The summed E-state index contributed by atoms with van der Waals surface area (Å²) in [7, 11) is 0. The Morgan fingerprint density at radius 1 is 1.32 bits per heavy atom. The van der Waals surface area contributed by atoms with Crippen LogP contribution in [0.5, 0.6) is 0 Å². The molecule has 0 saturated heterocycles. The normalized spacial score (nSPS) is 13.4. The van der Waals surface area contributed by atoms with Gasteiger partial charge in [-0.2, -0.15) is 5.10 Å². The highest BCUT2D eigenvalue weighted by molar-refractivity contribution is 5.87. The summed E-state index contributed by atoms with van der Waals surface area (Å²) in [6.45, 7) is 3.22. The molecule has 0 radical (unpaired) electrons. The molecule has 0 bridgehead atoms.